The molecule has 0 unspecified atom stereocenters. The zero-order valence-electron chi connectivity index (χ0n) is 17.1. The van der Waals surface area contributed by atoms with E-state index < -0.39 is 42.0 Å². The highest BCUT2D eigenvalue weighted by Crippen LogP contribution is 2.27. The number of pyridine rings is 1. The first-order valence-corrected chi connectivity index (χ1v) is 9.61. The number of amides is 1. The molecule has 1 fully saturated rings. The molecular formula is C21H24N2O8. The lowest BCUT2D eigenvalue weighted by molar-refractivity contribution is -0.158. The fourth-order valence-corrected chi connectivity index (χ4v) is 2.98. The number of hydrogen-bond donors (Lipinski definition) is 3. The van der Waals surface area contributed by atoms with E-state index in [1.165, 1.54) is 26.3 Å². The highest BCUT2D eigenvalue weighted by atomic mass is 16.6. The lowest BCUT2D eigenvalue weighted by Gasteiger charge is -2.26. The molecule has 1 amide bonds. The van der Waals surface area contributed by atoms with Crippen molar-refractivity contribution in [3.8, 4) is 17.2 Å². The summed E-state index contributed by atoms with van der Waals surface area (Å²) in [6.07, 6.45) is -1.60. The smallest absolute Gasteiger partial charge is 0.331 e. The van der Waals surface area contributed by atoms with Gasteiger partial charge < -0.3 is 34.5 Å². The predicted octanol–water partition coefficient (Wildman–Crippen LogP) is 0.665. The first kappa shape index (κ1) is 22.3. The summed E-state index contributed by atoms with van der Waals surface area (Å²) >= 11 is 0. The Morgan fingerprint density at radius 3 is 2.68 bits per heavy atom. The molecule has 10 heteroatoms. The standard InChI is InChI=1S/C21H24N2O8/c1-12-18(24)16(31-13-6-4-3-5-7-13)11-29-10-14(21(27)30-12)23-20(26)17-19(25)15(28-2)8-9-22-17/h3-9,12,14,16,18,24-25H,10-11H2,1-2H3,(H,23,26)/t12-,14-,16-,18-/m0/s1. The van der Waals surface area contributed by atoms with Crippen LogP contribution in [0.3, 0.4) is 0 Å². The maximum absolute atomic E-state index is 12.6. The van der Waals surface area contributed by atoms with Gasteiger partial charge in [-0.25, -0.2) is 9.78 Å². The van der Waals surface area contributed by atoms with Gasteiger partial charge in [0.1, 0.15) is 18.0 Å². The Morgan fingerprint density at radius 1 is 1.23 bits per heavy atom. The van der Waals surface area contributed by atoms with Crippen molar-refractivity contribution in [3.63, 3.8) is 0 Å². The second kappa shape index (κ2) is 10.1. The number of cyclic esters (lactones) is 1. The van der Waals surface area contributed by atoms with Crippen molar-refractivity contribution in [2.24, 2.45) is 0 Å². The minimum absolute atomic E-state index is 0.0495. The molecule has 3 rings (SSSR count). The number of esters is 1. The van der Waals surface area contributed by atoms with Crippen LogP contribution >= 0.6 is 0 Å². The number of hydrogen-bond acceptors (Lipinski definition) is 9. The Hall–Kier alpha value is -3.37. The van der Waals surface area contributed by atoms with Crippen molar-refractivity contribution in [1.82, 2.24) is 10.3 Å². The van der Waals surface area contributed by atoms with Gasteiger partial charge in [0, 0.05) is 12.3 Å². The first-order chi connectivity index (χ1) is 14.9. The quantitative estimate of drug-likeness (QED) is 0.582. The lowest BCUT2D eigenvalue weighted by Crippen LogP contribution is -2.46. The largest absolute Gasteiger partial charge is 0.503 e. The summed E-state index contributed by atoms with van der Waals surface area (Å²) in [7, 11) is 1.33. The topological polar surface area (TPSA) is 136 Å². The number of aliphatic hydroxyl groups is 1. The van der Waals surface area contributed by atoms with Crippen LogP contribution in [0, 0.1) is 0 Å². The molecule has 1 aliphatic heterocycles. The van der Waals surface area contributed by atoms with Gasteiger partial charge in [-0.1, -0.05) is 18.2 Å². The Kier molecular flexibility index (Phi) is 7.27. The minimum Gasteiger partial charge on any atom is -0.503 e. The number of carbonyl (C=O) groups excluding carboxylic acids is 2. The summed E-state index contributed by atoms with van der Waals surface area (Å²) in [5.41, 5.74) is -0.314. The van der Waals surface area contributed by atoms with Gasteiger partial charge in [0.05, 0.1) is 20.3 Å². The SMILES string of the molecule is COc1ccnc(C(=O)N[C@H]2COC[C@H](Oc3ccccc3)[C@@H](O)[C@H](C)OC2=O)c1O. The molecule has 2 heterocycles. The third kappa shape index (κ3) is 5.41. The summed E-state index contributed by atoms with van der Waals surface area (Å²) in [4.78, 5) is 28.9. The lowest BCUT2D eigenvalue weighted by atomic mass is 10.1. The van der Waals surface area contributed by atoms with Gasteiger partial charge in [-0.05, 0) is 19.1 Å². The Morgan fingerprint density at radius 2 is 1.97 bits per heavy atom. The van der Waals surface area contributed by atoms with Crippen LogP contribution in [0.5, 0.6) is 17.2 Å². The zero-order valence-corrected chi connectivity index (χ0v) is 17.1. The molecule has 2 aromatic rings. The number of aliphatic hydroxyl groups excluding tert-OH is 1. The molecule has 1 aromatic carbocycles. The molecule has 0 saturated carbocycles. The predicted molar refractivity (Wildman–Crippen MR) is 107 cm³/mol. The van der Waals surface area contributed by atoms with Crippen molar-refractivity contribution >= 4 is 11.9 Å². The summed E-state index contributed by atoms with van der Waals surface area (Å²) in [6.45, 7) is 1.24. The first-order valence-electron chi connectivity index (χ1n) is 9.61. The van der Waals surface area contributed by atoms with E-state index in [2.05, 4.69) is 10.3 Å². The number of carbonyl (C=O) groups is 2. The fourth-order valence-electron chi connectivity index (χ4n) is 2.98. The summed E-state index contributed by atoms with van der Waals surface area (Å²) in [6, 6.07) is 9.06. The van der Waals surface area contributed by atoms with Crippen LogP contribution in [0.1, 0.15) is 17.4 Å². The van der Waals surface area contributed by atoms with Gasteiger partial charge in [0.25, 0.3) is 5.91 Å². The maximum atomic E-state index is 12.6. The number of para-hydroxylation sites is 1. The van der Waals surface area contributed by atoms with Gasteiger partial charge in [-0.3, -0.25) is 4.79 Å². The van der Waals surface area contributed by atoms with Gasteiger partial charge in [0.2, 0.25) is 0 Å². The number of rotatable bonds is 5. The molecule has 31 heavy (non-hydrogen) atoms. The molecule has 0 aliphatic carbocycles. The highest BCUT2D eigenvalue weighted by molar-refractivity contribution is 5.98. The molecule has 1 aliphatic rings. The van der Waals surface area contributed by atoms with E-state index in [-0.39, 0.29) is 24.7 Å². The summed E-state index contributed by atoms with van der Waals surface area (Å²) in [5, 5.41) is 23.1. The monoisotopic (exact) mass is 432 g/mol. The third-order valence-corrected chi connectivity index (χ3v) is 4.67. The second-order valence-electron chi connectivity index (χ2n) is 6.88. The van der Waals surface area contributed by atoms with E-state index >= 15 is 0 Å². The normalized spacial score (nSPS) is 24.2. The van der Waals surface area contributed by atoms with Crippen LogP contribution in [-0.4, -0.2) is 71.8 Å². The number of nitrogens with one attached hydrogen (secondary N) is 1. The van der Waals surface area contributed by atoms with Crippen LogP contribution in [-0.2, 0) is 14.3 Å². The molecule has 1 aromatic heterocycles. The molecule has 10 nitrogen and oxygen atoms in total. The Balaban J connectivity index is 1.71. The highest BCUT2D eigenvalue weighted by Gasteiger charge is 2.35. The Bertz CT molecular complexity index is 908. The van der Waals surface area contributed by atoms with Crippen molar-refractivity contribution in [2.75, 3.05) is 20.3 Å². The molecular weight excluding hydrogens is 408 g/mol. The van der Waals surface area contributed by atoms with Crippen molar-refractivity contribution in [1.29, 1.82) is 0 Å². The molecule has 3 N–H and O–H groups in total. The minimum atomic E-state index is -1.19. The summed E-state index contributed by atoms with van der Waals surface area (Å²) < 4.78 is 21.6. The average molecular weight is 432 g/mol. The van der Waals surface area contributed by atoms with Crippen LogP contribution in [0.2, 0.25) is 0 Å². The van der Waals surface area contributed by atoms with E-state index in [0.29, 0.717) is 5.75 Å². The van der Waals surface area contributed by atoms with Crippen molar-refractivity contribution in [2.45, 2.75) is 31.3 Å². The van der Waals surface area contributed by atoms with Crippen LogP contribution in [0.15, 0.2) is 42.6 Å². The number of methoxy groups -OCH3 is 1. The number of nitrogens with zero attached hydrogens (tertiary/aromatic N) is 1. The molecule has 1 saturated heterocycles. The molecule has 0 radical (unpaired) electrons. The van der Waals surface area contributed by atoms with Gasteiger partial charge in [-0.2, -0.15) is 0 Å². The molecule has 0 bridgehead atoms. The van der Waals surface area contributed by atoms with E-state index in [1.54, 1.807) is 24.3 Å². The van der Waals surface area contributed by atoms with Crippen LogP contribution < -0.4 is 14.8 Å². The Labute approximate surface area is 178 Å². The number of benzene rings is 1. The van der Waals surface area contributed by atoms with E-state index in [4.69, 9.17) is 18.9 Å². The maximum Gasteiger partial charge on any atom is 0.331 e. The molecule has 4 atom stereocenters. The third-order valence-electron chi connectivity index (χ3n) is 4.67. The molecule has 166 valence electrons. The number of ether oxygens (including phenoxy) is 4. The molecule has 0 spiro atoms. The van der Waals surface area contributed by atoms with E-state index in [1.807, 2.05) is 6.07 Å². The number of aromatic nitrogens is 1. The van der Waals surface area contributed by atoms with Crippen molar-refractivity contribution < 1.29 is 38.7 Å². The summed E-state index contributed by atoms with van der Waals surface area (Å²) in [5.74, 6) is -1.49. The number of aromatic hydroxyl groups is 1. The van der Waals surface area contributed by atoms with Gasteiger partial charge in [0.15, 0.2) is 29.3 Å². The van der Waals surface area contributed by atoms with Crippen LogP contribution in [0.25, 0.3) is 0 Å². The van der Waals surface area contributed by atoms with E-state index in [0.717, 1.165) is 0 Å². The van der Waals surface area contributed by atoms with Gasteiger partial charge >= 0.3 is 5.97 Å². The van der Waals surface area contributed by atoms with Crippen LogP contribution in [0.4, 0.5) is 0 Å². The average Bonchev–Trinajstić information content (AvgIpc) is 2.81. The second-order valence-corrected chi connectivity index (χ2v) is 6.88. The van der Waals surface area contributed by atoms with Crippen molar-refractivity contribution in [3.05, 3.63) is 48.3 Å². The zero-order chi connectivity index (χ0) is 22.4. The van der Waals surface area contributed by atoms with Gasteiger partial charge in [-0.15, -0.1) is 0 Å². The fraction of sp³-hybridized carbons (Fsp3) is 0.381. The van der Waals surface area contributed by atoms with E-state index in [9.17, 15) is 19.8 Å².